The first-order valence-electron chi connectivity index (χ1n) is 11.6. The van der Waals surface area contributed by atoms with Crippen molar-refractivity contribution in [3.05, 3.63) is 65.2 Å². The lowest BCUT2D eigenvalue weighted by Gasteiger charge is -2.32. The maximum absolute atomic E-state index is 13.2. The lowest BCUT2D eigenvalue weighted by Crippen LogP contribution is -2.45. The number of rotatable bonds is 6. The minimum absolute atomic E-state index is 0.239. The number of ether oxygens (including phenoxy) is 2. The molecule has 2 aliphatic heterocycles. The summed E-state index contributed by atoms with van der Waals surface area (Å²) in [5.41, 5.74) is 3.25. The van der Waals surface area contributed by atoms with Gasteiger partial charge in [-0.05, 0) is 74.2 Å². The predicted octanol–water partition coefficient (Wildman–Crippen LogP) is 3.37. The van der Waals surface area contributed by atoms with Crippen molar-refractivity contribution >= 4 is 23.4 Å². The Balaban J connectivity index is 1.71. The largest absolute Gasteiger partial charge is 0.497 e. The normalized spacial score (nSPS) is 19.0. The van der Waals surface area contributed by atoms with E-state index < -0.39 is 18.0 Å². The van der Waals surface area contributed by atoms with E-state index in [2.05, 4.69) is 15.5 Å². The number of amides is 2. The van der Waals surface area contributed by atoms with Crippen LogP contribution in [0.3, 0.4) is 0 Å². The first-order chi connectivity index (χ1) is 16.4. The van der Waals surface area contributed by atoms with Crippen molar-refractivity contribution in [2.75, 3.05) is 25.1 Å². The molecule has 8 heteroatoms. The van der Waals surface area contributed by atoms with Crippen molar-refractivity contribution in [2.45, 2.75) is 44.9 Å². The molecule has 0 saturated carbocycles. The van der Waals surface area contributed by atoms with Gasteiger partial charge in [0.1, 0.15) is 5.75 Å². The molecule has 0 spiro atoms. The number of benzene rings is 2. The highest BCUT2D eigenvalue weighted by molar-refractivity contribution is 6.04. The van der Waals surface area contributed by atoms with Crippen LogP contribution in [0.2, 0.25) is 0 Å². The maximum atomic E-state index is 13.2. The van der Waals surface area contributed by atoms with Crippen LogP contribution >= 0.6 is 0 Å². The fourth-order valence-electron chi connectivity index (χ4n) is 4.30. The van der Waals surface area contributed by atoms with Crippen molar-refractivity contribution in [1.29, 1.82) is 0 Å². The number of aliphatic hydroxyl groups excluding tert-OH is 1. The van der Waals surface area contributed by atoms with E-state index in [4.69, 9.17) is 9.47 Å². The van der Waals surface area contributed by atoms with Gasteiger partial charge in [0, 0.05) is 18.8 Å². The highest BCUT2D eigenvalue weighted by Gasteiger charge is 2.35. The lowest BCUT2D eigenvalue weighted by molar-refractivity contribution is -0.143. The predicted molar refractivity (Wildman–Crippen MR) is 129 cm³/mol. The Hall–Kier alpha value is -3.52. The molecule has 2 heterocycles. The molecule has 8 nitrogen and oxygen atoms in total. The number of nitrogens with zero attached hydrogens (tertiary/aromatic N) is 1. The van der Waals surface area contributed by atoms with Crippen LogP contribution in [-0.4, -0.2) is 49.5 Å². The minimum atomic E-state index is -0.672. The number of carbonyl (C=O) groups is 2. The fourth-order valence-corrected chi connectivity index (χ4v) is 4.30. The molecule has 4 rings (SSSR count). The van der Waals surface area contributed by atoms with Crippen molar-refractivity contribution < 1.29 is 24.2 Å². The highest BCUT2D eigenvalue weighted by Crippen LogP contribution is 2.34. The molecule has 2 amide bonds. The molecule has 2 aliphatic rings. The van der Waals surface area contributed by atoms with E-state index in [0.717, 1.165) is 37.2 Å². The monoisotopic (exact) mass is 465 g/mol. The zero-order valence-electron chi connectivity index (χ0n) is 19.7. The number of esters is 1. The van der Waals surface area contributed by atoms with Gasteiger partial charge < -0.3 is 30.1 Å². The number of aliphatic hydroxyl groups is 1. The van der Waals surface area contributed by atoms with Crippen LogP contribution in [0, 0.1) is 0 Å². The molecule has 3 N–H and O–H groups in total. The summed E-state index contributed by atoms with van der Waals surface area (Å²) in [5.74, 6) is 0.181. The molecule has 34 heavy (non-hydrogen) atoms. The van der Waals surface area contributed by atoms with Crippen molar-refractivity contribution in [2.24, 2.45) is 0 Å². The number of methoxy groups -OCH3 is 1. The Bertz CT molecular complexity index is 1050. The van der Waals surface area contributed by atoms with Crippen LogP contribution in [0.15, 0.2) is 54.1 Å². The second-order valence-corrected chi connectivity index (χ2v) is 8.81. The molecule has 1 atom stereocenters. The number of urea groups is 1. The summed E-state index contributed by atoms with van der Waals surface area (Å²) in [5, 5.41) is 15.5. The lowest BCUT2D eigenvalue weighted by atomic mass is 9.92. The Morgan fingerprint density at radius 2 is 1.71 bits per heavy atom. The quantitative estimate of drug-likeness (QED) is 0.566. The second-order valence-electron chi connectivity index (χ2n) is 8.81. The molecule has 180 valence electrons. The van der Waals surface area contributed by atoms with Gasteiger partial charge in [-0.2, -0.15) is 0 Å². The maximum Gasteiger partial charge on any atom is 0.338 e. The Kier molecular flexibility index (Phi) is 7.07. The molecule has 2 aromatic carbocycles. The van der Waals surface area contributed by atoms with E-state index in [1.165, 1.54) is 0 Å². The van der Waals surface area contributed by atoms with Gasteiger partial charge in [-0.15, -0.1) is 0 Å². The molecule has 0 aliphatic carbocycles. The number of carbonyl (C=O) groups excluding carboxylic acids is 2. The molecule has 0 radical (unpaired) electrons. The van der Waals surface area contributed by atoms with E-state index in [9.17, 15) is 14.7 Å². The topological polar surface area (TPSA) is 100 Å². The summed E-state index contributed by atoms with van der Waals surface area (Å²) in [6, 6.07) is 13.9. The van der Waals surface area contributed by atoms with Gasteiger partial charge in [-0.25, -0.2) is 9.59 Å². The average molecular weight is 466 g/mol. The first kappa shape index (κ1) is 23.6. The third-order valence-corrected chi connectivity index (χ3v) is 6.07. The van der Waals surface area contributed by atoms with Crippen LogP contribution in [0.1, 0.15) is 43.9 Å². The molecule has 1 unspecified atom stereocenters. The number of piperidine rings is 1. The van der Waals surface area contributed by atoms with Gasteiger partial charge >= 0.3 is 12.0 Å². The number of nitrogens with one attached hydrogen (secondary N) is 2. The molecular weight excluding hydrogens is 434 g/mol. The summed E-state index contributed by atoms with van der Waals surface area (Å²) >= 11 is 0. The van der Waals surface area contributed by atoms with E-state index >= 15 is 0 Å². The zero-order valence-corrected chi connectivity index (χ0v) is 19.7. The van der Waals surface area contributed by atoms with Gasteiger partial charge in [0.15, 0.2) is 0 Å². The van der Waals surface area contributed by atoms with Crippen LogP contribution in [0.25, 0.3) is 5.70 Å². The average Bonchev–Trinajstić information content (AvgIpc) is 2.83. The summed E-state index contributed by atoms with van der Waals surface area (Å²) in [7, 11) is 1.58. The SMILES string of the molecule is COc1ccc(C2=C(C(=O)OC(C)C)C(c3ccc(N4CCC(O)CC4)cc3)NC(=O)N2)cc1. The van der Waals surface area contributed by atoms with Crippen molar-refractivity contribution in [1.82, 2.24) is 10.6 Å². The van der Waals surface area contributed by atoms with Crippen molar-refractivity contribution in [3.8, 4) is 5.75 Å². The summed E-state index contributed by atoms with van der Waals surface area (Å²) in [4.78, 5) is 28.1. The standard InChI is InChI=1S/C26H31N3O5/c1-16(2)34-25(31)22-23(17-4-8-19(9-5-17)29-14-12-20(30)13-15-29)27-26(32)28-24(22)18-6-10-21(33-3)11-7-18/h4-11,16,20,23,30H,12-15H2,1-3H3,(H2,27,28,32). The zero-order chi connectivity index (χ0) is 24.2. The fraction of sp³-hybridized carbons (Fsp3) is 0.385. The molecule has 2 aromatic rings. The Morgan fingerprint density at radius 3 is 2.29 bits per heavy atom. The molecule has 0 bridgehead atoms. The van der Waals surface area contributed by atoms with Gasteiger partial charge in [-0.3, -0.25) is 0 Å². The van der Waals surface area contributed by atoms with Crippen LogP contribution < -0.4 is 20.3 Å². The molecule has 0 aromatic heterocycles. The van der Waals surface area contributed by atoms with Gasteiger partial charge in [0.25, 0.3) is 0 Å². The third kappa shape index (κ3) is 5.17. The summed E-state index contributed by atoms with van der Waals surface area (Å²) in [6.45, 7) is 5.16. The Morgan fingerprint density at radius 1 is 1.06 bits per heavy atom. The van der Waals surface area contributed by atoms with Gasteiger partial charge in [0.05, 0.1) is 36.6 Å². The first-order valence-corrected chi connectivity index (χ1v) is 11.6. The van der Waals surface area contributed by atoms with Crippen molar-refractivity contribution in [3.63, 3.8) is 0 Å². The van der Waals surface area contributed by atoms with E-state index in [1.54, 1.807) is 45.2 Å². The molecule has 1 saturated heterocycles. The van der Waals surface area contributed by atoms with Gasteiger partial charge in [-0.1, -0.05) is 12.1 Å². The third-order valence-electron chi connectivity index (χ3n) is 6.07. The minimum Gasteiger partial charge on any atom is -0.497 e. The number of hydrogen-bond donors (Lipinski definition) is 3. The van der Waals surface area contributed by atoms with Crippen LogP contribution in [-0.2, 0) is 9.53 Å². The second kappa shape index (κ2) is 10.2. The highest BCUT2D eigenvalue weighted by atomic mass is 16.5. The smallest absolute Gasteiger partial charge is 0.338 e. The molecular formula is C26H31N3O5. The summed E-state index contributed by atoms with van der Waals surface area (Å²) < 4.78 is 10.8. The van der Waals surface area contributed by atoms with Crippen LogP contribution in [0.4, 0.5) is 10.5 Å². The number of anilines is 1. The van der Waals surface area contributed by atoms with E-state index in [1.807, 2.05) is 24.3 Å². The number of hydrogen-bond acceptors (Lipinski definition) is 6. The van der Waals surface area contributed by atoms with Crippen LogP contribution in [0.5, 0.6) is 5.75 Å². The Labute approximate surface area is 199 Å². The van der Waals surface area contributed by atoms with Gasteiger partial charge in [0.2, 0.25) is 0 Å². The molecule has 1 fully saturated rings. The van der Waals surface area contributed by atoms with E-state index in [0.29, 0.717) is 22.6 Å². The van der Waals surface area contributed by atoms with E-state index in [-0.39, 0.29) is 12.2 Å². The summed E-state index contributed by atoms with van der Waals surface area (Å²) in [6.07, 6.45) is 0.931.